The number of halogens is 3. The van der Waals surface area contributed by atoms with Crippen molar-refractivity contribution in [2.45, 2.75) is 24.2 Å². The van der Waals surface area contributed by atoms with Gasteiger partial charge in [0.1, 0.15) is 5.75 Å². The van der Waals surface area contributed by atoms with E-state index in [1.54, 1.807) is 0 Å². The maximum Gasteiger partial charge on any atom is 0.345 e. The van der Waals surface area contributed by atoms with Crippen molar-refractivity contribution in [2.24, 2.45) is 0 Å². The molecule has 0 heterocycles. The SMILES string of the molecule is O=C(Oc1ccc(S(=O)(=O)O)c2c1CCC2)c1c(I)c(I)c2ccccc2c1I. The first-order valence-electron chi connectivity index (χ1n) is 8.59. The number of carbonyl (C=O) groups excluding carboxylic acids is 1. The molecule has 0 saturated heterocycles. The Bertz CT molecular complexity index is 1290. The molecule has 29 heavy (non-hydrogen) atoms. The van der Waals surface area contributed by atoms with Crippen molar-refractivity contribution in [3.63, 3.8) is 0 Å². The zero-order valence-electron chi connectivity index (χ0n) is 14.7. The Balaban J connectivity index is 1.80. The zero-order chi connectivity index (χ0) is 20.9. The van der Waals surface area contributed by atoms with Gasteiger partial charge in [0.25, 0.3) is 10.1 Å². The lowest BCUT2D eigenvalue weighted by atomic mass is 10.1. The summed E-state index contributed by atoms with van der Waals surface area (Å²) >= 11 is 6.57. The number of hydrogen-bond donors (Lipinski definition) is 1. The third kappa shape index (κ3) is 3.92. The van der Waals surface area contributed by atoms with E-state index < -0.39 is 16.1 Å². The molecule has 0 spiro atoms. The van der Waals surface area contributed by atoms with E-state index in [1.165, 1.54) is 12.1 Å². The Labute approximate surface area is 208 Å². The quantitative estimate of drug-likeness (QED) is 0.124. The molecule has 0 fully saturated rings. The van der Waals surface area contributed by atoms with Crippen molar-refractivity contribution in [1.29, 1.82) is 0 Å². The van der Waals surface area contributed by atoms with Gasteiger partial charge in [-0.25, -0.2) is 4.79 Å². The first-order valence-corrected chi connectivity index (χ1v) is 13.3. The van der Waals surface area contributed by atoms with Crippen LogP contribution in [0.15, 0.2) is 41.3 Å². The minimum atomic E-state index is -4.31. The molecule has 3 aromatic carbocycles. The second-order valence-electron chi connectivity index (χ2n) is 6.60. The molecule has 3 aromatic rings. The fourth-order valence-corrected chi connectivity index (χ4v) is 7.41. The van der Waals surface area contributed by atoms with Gasteiger partial charge in [-0.15, -0.1) is 0 Å². The minimum absolute atomic E-state index is 0.103. The van der Waals surface area contributed by atoms with E-state index in [-0.39, 0.29) is 4.90 Å². The Morgan fingerprint density at radius 1 is 0.897 bits per heavy atom. The van der Waals surface area contributed by atoms with Crippen LogP contribution in [0.25, 0.3) is 10.8 Å². The van der Waals surface area contributed by atoms with Crippen LogP contribution in [0.4, 0.5) is 0 Å². The van der Waals surface area contributed by atoms with Crippen LogP contribution in [0.5, 0.6) is 5.75 Å². The first-order chi connectivity index (χ1) is 13.7. The van der Waals surface area contributed by atoms with E-state index in [0.29, 0.717) is 35.3 Å². The van der Waals surface area contributed by atoms with Gasteiger partial charge in [0, 0.05) is 10.7 Å². The summed E-state index contributed by atoms with van der Waals surface area (Å²) in [7, 11) is -4.31. The van der Waals surface area contributed by atoms with Crippen LogP contribution in [0, 0.1) is 10.7 Å². The molecule has 0 saturated carbocycles. The van der Waals surface area contributed by atoms with Gasteiger partial charge in [-0.05, 0) is 121 Å². The molecule has 0 bridgehead atoms. The molecular formula is C20H13I3O5S. The van der Waals surface area contributed by atoms with Gasteiger partial charge in [0.15, 0.2) is 0 Å². The molecular weight excluding hydrogens is 733 g/mol. The highest BCUT2D eigenvalue weighted by Gasteiger charge is 2.28. The molecule has 0 aromatic heterocycles. The molecule has 9 heteroatoms. The summed E-state index contributed by atoms with van der Waals surface area (Å²) in [5.74, 6) is -0.124. The Morgan fingerprint density at radius 2 is 1.52 bits per heavy atom. The van der Waals surface area contributed by atoms with Crippen LogP contribution >= 0.6 is 67.8 Å². The van der Waals surface area contributed by atoms with Crippen molar-refractivity contribution in [3.05, 3.63) is 63.8 Å². The van der Waals surface area contributed by atoms with E-state index in [2.05, 4.69) is 67.8 Å². The van der Waals surface area contributed by atoms with E-state index >= 15 is 0 Å². The summed E-state index contributed by atoms with van der Waals surface area (Å²) in [6, 6.07) is 10.7. The van der Waals surface area contributed by atoms with Gasteiger partial charge in [-0.2, -0.15) is 8.42 Å². The van der Waals surface area contributed by atoms with Crippen LogP contribution < -0.4 is 4.74 Å². The topological polar surface area (TPSA) is 80.7 Å². The lowest BCUT2D eigenvalue weighted by molar-refractivity contribution is 0.0731. The summed E-state index contributed by atoms with van der Waals surface area (Å²) in [6.07, 6.45) is 1.87. The Hall–Kier alpha value is -0.510. The average Bonchev–Trinajstić information content (AvgIpc) is 3.16. The zero-order valence-corrected chi connectivity index (χ0v) is 22.0. The van der Waals surface area contributed by atoms with Gasteiger partial charge >= 0.3 is 5.97 Å². The van der Waals surface area contributed by atoms with Gasteiger partial charge in [0.2, 0.25) is 0 Å². The predicted molar refractivity (Wildman–Crippen MR) is 135 cm³/mol. The number of ether oxygens (including phenoxy) is 1. The first kappa shape index (κ1) is 21.7. The molecule has 5 nitrogen and oxygen atoms in total. The van der Waals surface area contributed by atoms with E-state index in [1.807, 2.05) is 24.3 Å². The molecule has 0 atom stereocenters. The third-order valence-electron chi connectivity index (χ3n) is 4.92. The minimum Gasteiger partial charge on any atom is -0.423 e. The van der Waals surface area contributed by atoms with E-state index in [4.69, 9.17) is 4.74 Å². The van der Waals surface area contributed by atoms with Crippen LogP contribution in [0.2, 0.25) is 0 Å². The lowest BCUT2D eigenvalue weighted by Crippen LogP contribution is -2.15. The molecule has 150 valence electrons. The largest absolute Gasteiger partial charge is 0.423 e. The highest BCUT2D eigenvalue weighted by molar-refractivity contribution is 14.1. The van der Waals surface area contributed by atoms with Crippen LogP contribution in [0.3, 0.4) is 0 Å². The number of rotatable bonds is 3. The third-order valence-corrected chi connectivity index (χ3v) is 10.2. The number of fused-ring (bicyclic) bond motifs is 2. The summed E-state index contributed by atoms with van der Waals surface area (Å²) in [4.78, 5) is 13.0. The van der Waals surface area contributed by atoms with E-state index in [0.717, 1.165) is 27.9 Å². The molecule has 1 aliphatic carbocycles. The number of benzene rings is 3. The van der Waals surface area contributed by atoms with Crippen LogP contribution in [0.1, 0.15) is 27.9 Å². The van der Waals surface area contributed by atoms with Gasteiger partial charge < -0.3 is 4.74 Å². The molecule has 1 aliphatic rings. The molecule has 0 aliphatic heterocycles. The Morgan fingerprint density at radius 3 is 2.17 bits per heavy atom. The van der Waals surface area contributed by atoms with E-state index in [9.17, 15) is 17.8 Å². The maximum absolute atomic E-state index is 13.1. The standard InChI is InChI=1S/C20H13I3O5S/c21-17-12-4-1-2-5-13(12)18(22)19(23)16(17)20(24)28-14-8-9-15(29(25,26)27)11-7-3-6-10(11)14/h1-2,4-5,8-9H,3,6-7H2,(H,25,26,27). The second-order valence-corrected chi connectivity index (χ2v) is 11.2. The van der Waals surface area contributed by atoms with Crippen molar-refractivity contribution in [1.82, 2.24) is 0 Å². The fourth-order valence-electron chi connectivity index (χ4n) is 3.63. The van der Waals surface area contributed by atoms with Crippen LogP contribution in [-0.2, 0) is 23.0 Å². The summed E-state index contributed by atoms with van der Waals surface area (Å²) < 4.78 is 41.1. The number of carbonyl (C=O) groups is 1. The molecule has 4 rings (SSSR count). The fraction of sp³-hybridized carbons (Fsp3) is 0.150. The summed E-state index contributed by atoms with van der Waals surface area (Å²) in [5.41, 5.74) is 1.71. The normalized spacial score (nSPS) is 13.5. The highest BCUT2D eigenvalue weighted by atomic mass is 127. The van der Waals surface area contributed by atoms with Crippen molar-refractivity contribution < 1.29 is 22.5 Å². The highest BCUT2D eigenvalue weighted by Crippen LogP contribution is 2.37. The monoisotopic (exact) mass is 746 g/mol. The van der Waals surface area contributed by atoms with Gasteiger partial charge in [-0.3, -0.25) is 4.55 Å². The van der Waals surface area contributed by atoms with Gasteiger partial charge in [0.05, 0.1) is 10.5 Å². The van der Waals surface area contributed by atoms with Crippen molar-refractivity contribution in [3.8, 4) is 5.75 Å². The summed E-state index contributed by atoms with van der Waals surface area (Å²) in [6.45, 7) is 0. The maximum atomic E-state index is 13.1. The Kier molecular flexibility index (Phi) is 6.14. The number of hydrogen-bond acceptors (Lipinski definition) is 4. The molecule has 0 unspecified atom stereocenters. The van der Waals surface area contributed by atoms with Gasteiger partial charge in [-0.1, -0.05) is 24.3 Å². The van der Waals surface area contributed by atoms with Crippen molar-refractivity contribution >= 4 is 94.6 Å². The van der Waals surface area contributed by atoms with Crippen molar-refractivity contribution in [2.75, 3.05) is 0 Å². The number of esters is 1. The predicted octanol–water partition coefficient (Wildman–Crippen LogP) is 5.61. The van der Waals surface area contributed by atoms with Crippen LogP contribution in [-0.4, -0.2) is 18.9 Å². The average molecular weight is 746 g/mol. The second kappa shape index (κ2) is 8.20. The molecule has 1 N–H and O–H groups in total. The lowest BCUT2D eigenvalue weighted by Gasteiger charge is -2.15. The summed E-state index contributed by atoms with van der Waals surface area (Å²) in [5, 5.41) is 2.06. The molecule has 0 radical (unpaired) electrons. The smallest absolute Gasteiger partial charge is 0.345 e. The molecule has 0 amide bonds.